The van der Waals surface area contributed by atoms with Gasteiger partial charge in [-0.05, 0) is 55.0 Å². The van der Waals surface area contributed by atoms with Crippen molar-refractivity contribution in [3.63, 3.8) is 0 Å². The number of anilines is 1. The van der Waals surface area contributed by atoms with E-state index < -0.39 is 10.0 Å². The van der Waals surface area contributed by atoms with Crippen molar-refractivity contribution >= 4 is 33.0 Å². The minimum absolute atomic E-state index is 0.0590. The summed E-state index contributed by atoms with van der Waals surface area (Å²) < 4.78 is 33.9. The fourth-order valence-electron chi connectivity index (χ4n) is 3.71. The van der Waals surface area contributed by atoms with Crippen molar-refractivity contribution < 1.29 is 17.9 Å². The van der Waals surface area contributed by atoms with Gasteiger partial charge in [0.25, 0.3) is 0 Å². The van der Waals surface area contributed by atoms with Crippen LogP contribution >= 0.6 is 11.3 Å². The van der Waals surface area contributed by atoms with Gasteiger partial charge in [0.05, 0.1) is 11.0 Å². The van der Waals surface area contributed by atoms with Crippen LogP contribution in [0.3, 0.4) is 0 Å². The van der Waals surface area contributed by atoms with Gasteiger partial charge in [-0.2, -0.15) is 4.31 Å². The number of hydrogen-bond donors (Lipinski definition) is 0. The summed E-state index contributed by atoms with van der Waals surface area (Å²) in [6.07, 6.45) is 3.18. The highest BCUT2D eigenvalue weighted by atomic mass is 32.2. The number of hydrogen-bond acceptors (Lipinski definition) is 5. The van der Waals surface area contributed by atoms with Gasteiger partial charge in [-0.25, -0.2) is 8.42 Å². The van der Waals surface area contributed by atoms with Crippen molar-refractivity contribution in [2.75, 3.05) is 24.6 Å². The van der Waals surface area contributed by atoms with E-state index in [9.17, 15) is 13.2 Å². The lowest BCUT2D eigenvalue weighted by atomic mass is 10.2. The molecular weight excluding hydrogens is 396 g/mol. The summed E-state index contributed by atoms with van der Waals surface area (Å²) in [5, 5.41) is 1.95. The van der Waals surface area contributed by atoms with Crippen LogP contribution in [0.5, 0.6) is 0 Å². The molecule has 4 rings (SSSR count). The Balaban J connectivity index is 1.57. The number of sulfonamides is 1. The SMILES string of the molecule is O=C1CCCN1c1ccc(S(=O)(=O)N(Cc2cccs2)C[C@@H]2CCCO2)cc1. The molecule has 0 spiro atoms. The van der Waals surface area contributed by atoms with E-state index in [1.165, 1.54) is 4.31 Å². The third kappa shape index (κ3) is 4.15. The third-order valence-electron chi connectivity index (χ3n) is 5.20. The van der Waals surface area contributed by atoms with Crippen LogP contribution in [0.25, 0.3) is 0 Å². The highest BCUT2D eigenvalue weighted by molar-refractivity contribution is 7.89. The topological polar surface area (TPSA) is 66.9 Å². The van der Waals surface area contributed by atoms with E-state index in [2.05, 4.69) is 0 Å². The van der Waals surface area contributed by atoms with Gasteiger partial charge < -0.3 is 9.64 Å². The molecule has 0 N–H and O–H groups in total. The van der Waals surface area contributed by atoms with Crippen molar-refractivity contribution in [1.82, 2.24) is 4.31 Å². The van der Waals surface area contributed by atoms with Gasteiger partial charge in [0.2, 0.25) is 15.9 Å². The maximum atomic E-state index is 13.3. The van der Waals surface area contributed by atoms with Crippen molar-refractivity contribution in [2.45, 2.75) is 43.2 Å². The van der Waals surface area contributed by atoms with Crippen LogP contribution in [0, 0.1) is 0 Å². The van der Waals surface area contributed by atoms with Crippen LogP contribution in [0.2, 0.25) is 0 Å². The predicted octanol–water partition coefficient (Wildman–Crippen LogP) is 3.24. The number of carbonyl (C=O) groups is 1. The van der Waals surface area contributed by atoms with E-state index >= 15 is 0 Å². The molecule has 2 aliphatic heterocycles. The van der Waals surface area contributed by atoms with Gasteiger partial charge in [-0.1, -0.05) is 6.07 Å². The normalized spacial score (nSPS) is 20.4. The Morgan fingerprint density at radius 2 is 2.00 bits per heavy atom. The number of benzene rings is 1. The van der Waals surface area contributed by atoms with E-state index in [0.717, 1.165) is 29.8 Å². The Hall–Kier alpha value is -1.74. The molecule has 2 aromatic rings. The summed E-state index contributed by atoms with van der Waals surface area (Å²) in [4.78, 5) is 14.9. The summed E-state index contributed by atoms with van der Waals surface area (Å²) in [5.41, 5.74) is 0.755. The molecule has 2 saturated heterocycles. The second-order valence-corrected chi connectivity index (χ2v) is 10.1. The molecule has 1 atom stereocenters. The summed E-state index contributed by atoms with van der Waals surface area (Å²) in [6.45, 7) is 2.07. The predicted molar refractivity (Wildman–Crippen MR) is 109 cm³/mol. The first-order valence-electron chi connectivity index (χ1n) is 9.58. The minimum atomic E-state index is -3.66. The maximum absolute atomic E-state index is 13.3. The van der Waals surface area contributed by atoms with Crippen LogP contribution in [0.1, 0.15) is 30.6 Å². The van der Waals surface area contributed by atoms with E-state index in [1.807, 2.05) is 17.5 Å². The van der Waals surface area contributed by atoms with Gasteiger partial charge in [-0.3, -0.25) is 4.79 Å². The van der Waals surface area contributed by atoms with Crippen molar-refractivity contribution in [1.29, 1.82) is 0 Å². The molecule has 8 heteroatoms. The van der Waals surface area contributed by atoms with E-state index in [0.29, 0.717) is 32.7 Å². The van der Waals surface area contributed by atoms with Crippen LogP contribution in [0.4, 0.5) is 5.69 Å². The molecule has 1 amide bonds. The minimum Gasteiger partial charge on any atom is -0.377 e. The zero-order chi connectivity index (χ0) is 19.6. The van der Waals surface area contributed by atoms with Crippen LogP contribution in [-0.4, -0.2) is 44.4 Å². The Labute approximate surface area is 169 Å². The molecule has 0 aliphatic carbocycles. The van der Waals surface area contributed by atoms with Gasteiger partial charge >= 0.3 is 0 Å². The first kappa shape index (κ1) is 19.6. The lowest BCUT2D eigenvalue weighted by molar-refractivity contribution is -0.117. The van der Waals surface area contributed by atoms with Gasteiger partial charge in [0, 0.05) is 43.2 Å². The standard InChI is InChI=1S/C20H24N2O4S2/c23-20-6-1-11-22(20)16-7-9-19(10-8-16)28(24,25)21(14-17-4-2-12-26-17)15-18-5-3-13-27-18/h3,5,7-10,13,17H,1-2,4,6,11-12,14-15H2/t17-/m0/s1. The lowest BCUT2D eigenvalue weighted by Crippen LogP contribution is -2.36. The summed E-state index contributed by atoms with van der Waals surface area (Å²) in [7, 11) is -3.66. The Morgan fingerprint density at radius 3 is 2.61 bits per heavy atom. The molecule has 150 valence electrons. The average molecular weight is 421 g/mol. The van der Waals surface area contributed by atoms with E-state index in [4.69, 9.17) is 4.74 Å². The fraction of sp³-hybridized carbons (Fsp3) is 0.450. The van der Waals surface area contributed by atoms with Crippen molar-refractivity contribution in [3.05, 3.63) is 46.7 Å². The number of rotatable bonds is 7. The zero-order valence-corrected chi connectivity index (χ0v) is 17.3. The van der Waals surface area contributed by atoms with Crippen molar-refractivity contribution in [2.24, 2.45) is 0 Å². The molecular formula is C20H24N2O4S2. The molecule has 0 radical (unpaired) electrons. The number of nitrogens with zero attached hydrogens (tertiary/aromatic N) is 2. The zero-order valence-electron chi connectivity index (χ0n) is 15.6. The molecule has 28 heavy (non-hydrogen) atoms. The summed E-state index contributed by atoms with van der Waals surface area (Å²) >= 11 is 1.55. The molecule has 1 aromatic heterocycles. The van der Waals surface area contributed by atoms with Gasteiger partial charge in [0.1, 0.15) is 0 Å². The average Bonchev–Trinajstić information content (AvgIpc) is 3.44. The van der Waals surface area contributed by atoms with Crippen molar-refractivity contribution in [3.8, 4) is 0 Å². The second-order valence-electron chi connectivity index (χ2n) is 7.15. The molecule has 1 aromatic carbocycles. The number of ether oxygens (including phenoxy) is 1. The first-order valence-corrected chi connectivity index (χ1v) is 11.9. The van der Waals surface area contributed by atoms with Crippen LogP contribution in [-0.2, 0) is 26.1 Å². The second kappa shape index (κ2) is 8.32. The smallest absolute Gasteiger partial charge is 0.243 e. The quantitative estimate of drug-likeness (QED) is 0.690. The van der Waals surface area contributed by atoms with Gasteiger partial charge in [-0.15, -0.1) is 11.3 Å². The number of thiophene rings is 1. The Morgan fingerprint density at radius 1 is 1.18 bits per heavy atom. The summed E-state index contributed by atoms with van der Waals surface area (Å²) in [5.74, 6) is 0.0910. The van der Waals surface area contributed by atoms with Crippen LogP contribution < -0.4 is 4.90 Å². The Bertz CT molecular complexity index is 904. The molecule has 6 nitrogen and oxygen atoms in total. The highest BCUT2D eigenvalue weighted by Crippen LogP contribution is 2.27. The monoisotopic (exact) mass is 420 g/mol. The van der Waals surface area contributed by atoms with E-state index in [1.54, 1.807) is 40.5 Å². The summed E-state index contributed by atoms with van der Waals surface area (Å²) in [6, 6.07) is 10.5. The molecule has 3 heterocycles. The lowest BCUT2D eigenvalue weighted by Gasteiger charge is -2.25. The molecule has 0 unspecified atom stereocenters. The Kier molecular flexibility index (Phi) is 5.82. The fourth-order valence-corrected chi connectivity index (χ4v) is 5.96. The molecule has 2 fully saturated rings. The number of amides is 1. The molecule has 2 aliphatic rings. The first-order chi connectivity index (χ1) is 13.5. The highest BCUT2D eigenvalue weighted by Gasteiger charge is 2.30. The van der Waals surface area contributed by atoms with Crippen LogP contribution in [0.15, 0.2) is 46.7 Å². The van der Waals surface area contributed by atoms with Gasteiger partial charge in [0.15, 0.2) is 0 Å². The number of carbonyl (C=O) groups excluding carboxylic acids is 1. The molecule has 0 bridgehead atoms. The largest absolute Gasteiger partial charge is 0.377 e. The third-order valence-corrected chi connectivity index (χ3v) is 7.89. The van der Waals surface area contributed by atoms with E-state index in [-0.39, 0.29) is 16.9 Å². The molecule has 0 saturated carbocycles. The maximum Gasteiger partial charge on any atom is 0.243 e.